The molecule has 0 saturated heterocycles. The first-order valence-electron chi connectivity index (χ1n) is 7.20. The lowest BCUT2D eigenvalue weighted by Crippen LogP contribution is -2.36. The van der Waals surface area contributed by atoms with Crippen molar-refractivity contribution < 1.29 is 19.4 Å². The lowest BCUT2D eigenvalue weighted by atomic mass is 10.0. The second-order valence-corrected chi connectivity index (χ2v) is 5.21. The molecule has 1 aliphatic carbocycles. The predicted octanol–water partition coefficient (Wildman–Crippen LogP) is 1.91. The van der Waals surface area contributed by atoms with E-state index >= 15 is 0 Å². The Morgan fingerprint density at radius 1 is 1.21 bits per heavy atom. The summed E-state index contributed by atoms with van der Waals surface area (Å²) in [6.07, 6.45) is 7.16. The van der Waals surface area contributed by atoms with Crippen molar-refractivity contribution in [1.29, 1.82) is 0 Å². The lowest BCUT2D eigenvalue weighted by Gasteiger charge is -2.23. The number of ether oxygens (including phenoxy) is 1. The number of hydrogen-bond donors (Lipinski definition) is 1. The summed E-state index contributed by atoms with van der Waals surface area (Å²) >= 11 is 0. The Bertz CT molecular complexity index is 287. The minimum atomic E-state index is -1.04. The minimum absolute atomic E-state index is 0.0962. The highest BCUT2D eigenvalue weighted by Crippen LogP contribution is 2.27. The van der Waals surface area contributed by atoms with Gasteiger partial charge in [-0.25, -0.2) is 4.79 Å². The van der Waals surface area contributed by atoms with Crippen LogP contribution < -0.4 is 0 Å². The maximum atomic E-state index is 11.9. The van der Waals surface area contributed by atoms with Gasteiger partial charge in [0.15, 0.2) is 0 Å². The van der Waals surface area contributed by atoms with Gasteiger partial charge >= 0.3 is 5.97 Å². The Hall–Kier alpha value is -1.10. The van der Waals surface area contributed by atoms with E-state index in [4.69, 9.17) is 9.84 Å². The Balaban J connectivity index is 2.28. The van der Waals surface area contributed by atoms with Crippen molar-refractivity contribution in [3.63, 3.8) is 0 Å². The van der Waals surface area contributed by atoms with Crippen LogP contribution in [-0.2, 0) is 14.3 Å². The minimum Gasteiger partial charge on any atom is -0.480 e. The van der Waals surface area contributed by atoms with E-state index in [1.165, 1.54) is 25.7 Å². The van der Waals surface area contributed by atoms with Crippen LogP contribution in [0.1, 0.15) is 45.4 Å². The molecule has 1 N–H and O–H groups in total. The van der Waals surface area contributed by atoms with Crippen molar-refractivity contribution in [2.45, 2.75) is 45.4 Å². The van der Waals surface area contributed by atoms with E-state index in [-0.39, 0.29) is 12.5 Å². The van der Waals surface area contributed by atoms with Crippen LogP contribution in [0.5, 0.6) is 0 Å². The highest BCUT2D eigenvalue weighted by Gasteiger charge is 2.18. The van der Waals surface area contributed by atoms with E-state index in [0.717, 1.165) is 31.8 Å². The summed E-state index contributed by atoms with van der Waals surface area (Å²) in [5.41, 5.74) is 0. The zero-order chi connectivity index (χ0) is 14.1. The van der Waals surface area contributed by atoms with Gasteiger partial charge in [0.2, 0.25) is 5.91 Å². The zero-order valence-corrected chi connectivity index (χ0v) is 11.8. The maximum absolute atomic E-state index is 11.9. The van der Waals surface area contributed by atoms with Crippen molar-refractivity contribution in [2.75, 3.05) is 26.3 Å². The average Bonchev–Trinajstić information content (AvgIpc) is 2.86. The third-order valence-electron chi connectivity index (χ3n) is 3.58. The smallest absolute Gasteiger partial charge is 0.329 e. The number of carbonyl (C=O) groups is 2. The monoisotopic (exact) mass is 271 g/mol. The molecule has 0 spiro atoms. The Morgan fingerprint density at radius 2 is 1.89 bits per heavy atom. The normalized spacial score (nSPS) is 15.6. The summed E-state index contributed by atoms with van der Waals surface area (Å²) in [6, 6.07) is 0. The van der Waals surface area contributed by atoms with Crippen LogP contribution in [0.3, 0.4) is 0 Å². The number of carboxylic acids is 1. The van der Waals surface area contributed by atoms with Crippen LogP contribution in [0.25, 0.3) is 0 Å². The number of rotatable bonds is 9. The van der Waals surface area contributed by atoms with Gasteiger partial charge in [0.25, 0.3) is 0 Å². The quantitative estimate of drug-likeness (QED) is 0.695. The van der Waals surface area contributed by atoms with Crippen molar-refractivity contribution >= 4 is 11.9 Å². The number of carbonyl (C=O) groups excluding carboxylic acids is 1. The fourth-order valence-electron chi connectivity index (χ4n) is 2.59. The summed E-state index contributed by atoms with van der Waals surface area (Å²) in [4.78, 5) is 24.1. The van der Waals surface area contributed by atoms with Crippen LogP contribution in [0.2, 0.25) is 0 Å². The van der Waals surface area contributed by atoms with E-state index in [0.29, 0.717) is 0 Å². The first-order chi connectivity index (χ1) is 9.13. The van der Waals surface area contributed by atoms with Gasteiger partial charge in [0.1, 0.15) is 13.2 Å². The summed E-state index contributed by atoms with van der Waals surface area (Å²) < 4.78 is 4.87. The molecule has 1 amide bonds. The van der Waals surface area contributed by atoms with Crippen LogP contribution in [0.15, 0.2) is 0 Å². The number of nitrogens with zero attached hydrogens (tertiary/aromatic N) is 1. The van der Waals surface area contributed by atoms with Crippen LogP contribution in [0, 0.1) is 5.92 Å². The van der Waals surface area contributed by atoms with Crippen molar-refractivity contribution in [2.24, 2.45) is 5.92 Å². The van der Waals surface area contributed by atoms with Crippen LogP contribution >= 0.6 is 0 Å². The largest absolute Gasteiger partial charge is 0.480 e. The molecule has 0 aliphatic heterocycles. The molecule has 0 heterocycles. The third-order valence-corrected chi connectivity index (χ3v) is 3.58. The van der Waals surface area contributed by atoms with Crippen LogP contribution in [-0.4, -0.2) is 48.2 Å². The molecule has 1 rings (SSSR count). The molecular formula is C14H25NO4. The SMILES string of the molecule is CCCN(CCC1CCCC1)C(=O)COCC(=O)O. The van der Waals surface area contributed by atoms with Gasteiger partial charge in [0, 0.05) is 13.1 Å². The molecule has 0 aromatic carbocycles. The van der Waals surface area contributed by atoms with E-state index in [9.17, 15) is 9.59 Å². The highest BCUT2D eigenvalue weighted by atomic mass is 16.5. The fraction of sp³-hybridized carbons (Fsp3) is 0.857. The van der Waals surface area contributed by atoms with Crippen LogP contribution in [0.4, 0.5) is 0 Å². The summed E-state index contributed by atoms with van der Waals surface area (Å²) in [5.74, 6) is -0.381. The number of hydrogen-bond acceptors (Lipinski definition) is 3. The van der Waals surface area contributed by atoms with E-state index < -0.39 is 12.6 Å². The highest BCUT2D eigenvalue weighted by molar-refractivity contribution is 5.78. The maximum Gasteiger partial charge on any atom is 0.329 e. The average molecular weight is 271 g/mol. The zero-order valence-electron chi connectivity index (χ0n) is 11.8. The molecule has 0 radical (unpaired) electrons. The molecule has 110 valence electrons. The van der Waals surface area contributed by atoms with E-state index in [1.54, 1.807) is 4.90 Å². The van der Waals surface area contributed by atoms with Gasteiger partial charge in [-0.05, 0) is 18.8 Å². The van der Waals surface area contributed by atoms with Crippen molar-refractivity contribution in [3.05, 3.63) is 0 Å². The number of aliphatic carboxylic acids is 1. The van der Waals surface area contributed by atoms with Crippen molar-refractivity contribution in [3.8, 4) is 0 Å². The predicted molar refractivity (Wildman–Crippen MR) is 71.9 cm³/mol. The lowest BCUT2D eigenvalue weighted by molar-refractivity contribution is -0.145. The van der Waals surface area contributed by atoms with Gasteiger partial charge in [-0.3, -0.25) is 4.79 Å². The number of carboxylic acid groups (broad SMARTS) is 1. The summed E-state index contributed by atoms with van der Waals surface area (Å²) in [5, 5.41) is 8.47. The molecule has 1 fully saturated rings. The molecule has 1 aliphatic rings. The molecule has 5 nitrogen and oxygen atoms in total. The molecule has 0 bridgehead atoms. The Labute approximate surface area is 114 Å². The van der Waals surface area contributed by atoms with E-state index in [1.807, 2.05) is 6.92 Å². The molecule has 5 heteroatoms. The Morgan fingerprint density at radius 3 is 2.47 bits per heavy atom. The third kappa shape index (κ3) is 6.57. The molecule has 0 unspecified atom stereocenters. The first kappa shape index (κ1) is 16.0. The topological polar surface area (TPSA) is 66.8 Å². The van der Waals surface area contributed by atoms with Gasteiger partial charge in [-0.15, -0.1) is 0 Å². The Kier molecular flexibility index (Phi) is 7.48. The second-order valence-electron chi connectivity index (χ2n) is 5.21. The van der Waals surface area contributed by atoms with Gasteiger partial charge in [-0.2, -0.15) is 0 Å². The summed E-state index contributed by atoms with van der Waals surface area (Å²) in [7, 11) is 0. The molecule has 1 saturated carbocycles. The standard InChI is InChI=1S/C14H25NO4/c1-2-8-15(9-7-12-5-3-4-6-12)13(16)10-19-11-14(17)18/h12H,2-11H2,1H3,(H,17,18). The summed E-state index contributed by atoms with van der Waals surface area (Å²) in [6.45, 7) is 3.00. The fourth-order valence-corrected chi connectivity index (χ4v) is 2.59. The van der Waals surface area contributed by atoms with Gasteiger partial charge in [0.05, 0.1) is 0 Å². The molecule has 19 heavy (non-hydrogen) atoms. The van der Waals surface area contributed by atoms with Gasteiger partial charge < -0.3 is 14.7 Å². The molecule has 0 atom stereocenters. The molecular weight excluding hydrogens is 246 g/mol. The molecule has 0 aromatic rings. The first-order valence-corrected chi connectivity index (χ1v) is 7.20. The van der Waals surface area contributed by atoms with E-state index in [2.05, 4.69) is 0 Å². The second kappa shape index (κ2) is 8.91. The number of amides is 1. The van der Waals surface area contributed by atoms with Gasteiger partial charge in [-0.1, -0.05) is 32.6 Å². The molecule has 0 aromatic heterocycles. The van der Waals surface area contributed by atoms with Crippen molar-refractivity contribution in [1.82, 2.24) is 4.90 Å².